The summed E-state index contributed by atoms with van der Waals surface area (Å²) in [5.41, 5.74) is 2.56. The van der Waals surface area contributed by atoms with Gasteiger partial charge in [0, 0.05) is 12.1 Å². The SMILES string of the molecule is Cc1cccc(C(C)NC(CO)CC(C)C)c1. The van der Waals surface area contributed by atoms with E-state index in [0.29, 0.717) is 5.92 Å². The first-order chi connectivity index (χ1) is 8.02. The van der Waals surface area contributed by atoms with E-state index in [1.165, 1.54) is 11.1 Å². The summed E-state index contributed by atoms with van der Waals surface area (Å²) in [6, 6.07) is 8.99. The van der Waals surface area contributed by atoms with Gasteiger partial charge in [-0.3, -0.25) is 0 Å². The molecule has 2 heteroatoms. The van der Waals surface area contributed by atoms with E-state index in [9.17, 15) is 5.11 Å². The molecule has 0 radical (unpaired) electrons. The van der Waals surface area contributed by atoms with Crippen LogP contribution < -0.4 is 5.32 Å². The van der Waals surface area contributed by atoms with Crippen LogP contribution in [0.5, 0.6) is 0 Å². The van der Waals surface area contributed by atoms with Crippen molar-refractivity contribution in [3.05, 3.63) is 35.4 Å². The Bertz CT molecular complexity index is 335. The van der Waals surface area contributed by atoms with Crippen LogP contribution in [0.25, 0.3) is 0 Å². The van der Waals surface area contributed by atoms with Crippen LogP contribution in [0.2, 0.25) is 0 Å². The largest absolute Gasteiger partial charge is 0.395 e. The van der Waals surface area contributed by atoms with Gasteiger partial charge in [-0.05, 0) is 31.7 Å². The van der Waals surface area contributed by atoms with Crippen molar-refractivity contribution in [2.45, 2.75) is 46.2 Å². The Morgan fingerprint density at radius 3 is 2.47 bits per heavy atom. The van der Waals surface area contributed by atoms with Gasteiger partial charge in [-0.1, -0.05) is 43.7 Å². The monoisotopic (exact) mass is 235 g/mol. The average Bonchev–Trinajstić information content (AvgIpc) is 2.27. The Balaban J connectivity index is 2.60. The van der Waals surface area contributed by atoms with Crippen LogP contribution in [-0.2, 0) is 0 Å². The Kier molecular flexibility index (Phi) is 5.66. The number of rotatable bonds is 6. The fourth-order valence-corrected chi connectivity index (χ4v) is 2.15. The topological polar surface area (TPSA) is 32.3 Å². The van der Waals surface area contributed by atoms with Crippen molar-refractivity contribution in [2.75, 3.05) is 6.61 Å². The van der Waals surface area contributed by atoms with Gasteiger partial charge < -0.3 is 10.4 Å². The highest BCUT2D eigenvalue weighted by atomic mass is 16.3. The summed E-state index contributed by atoms with van der Waals surface area (Å²) in [5.74, 6) is 0.601. The number of aliphatic hydroxyl groups excluding tert-OH is 1. The Morgan fingerprint density at radius 1 is 1.24 bits per heavy atom. The van der Waals surface area contributed by atoms with Crippen molar-refractivity contribution < 1.29 is 5.11 Å². The van der Waals surface area contributed by atoms with Gasteiger partial charge in [0.15, 0.2) is 0 Å². The highest BCUT2D eigenvalue weighted by molar-refractivity contribution is 5.24. The second kappa shape index (κ2) is 6.77. The zero-order valence-corrected chi connectivity index (χ0v) is 11.4. The van der Waals surface area contributed by atoms with Crippen molar-refractivity contribution in [1.29, 1.82) is 0 Å². The molecule has 2 N–H and O–H groups in total. The molecule has 96 valence electrons. The lowest BCUT2D eigenvalue weighted by atomic mass is 10.0. The van der Waals surface area contributed by atoms with Crippen molar-refractivity contribution in [1.82, 2.24) is 5.32 Å². The van der Waals surface area contributed by atoms with Crippen LogP contribution in [0.1, 0.15) is 44.4 Å². The van der Waals surface area contributed by atoms with E-state index in [1.54, 1.807) is 0 Å². The predicted molar refractivity (Wildman–Crippen MR) is 73.1 cm³/mol. The maximum absolute atomic E-state index is 9.36. The smallest absolute Gasteiger partial charge is 0.0584 e. The van der Waals surface area contributed by atoms with Crippen LogP contribution >= 0.6 is 0 Å². The average molecular weight is 235 g/mol. The lowest BCUT2D eigenvalue weighted by Crippen LogP contribution is -2.35. The summed E-state index contributed by atoms with van der Waals surface area (Å²) in [5, 5.41) is 12.9. The fraction of sp³-hybridized carbons (Fsp3) is 0.600. The standard InChI is InChI=1S/C15H25NO/c1-11(2)8-15(10-17)16-13(4)14-7-5-6-12(3)9-14/h5-7,9,11,13,15-17H,8,10H2,1-4H3. The van der Waals surface area contributed by atoms with E-state index in [4.69, 9.17) is 0 Å². The molecule has 1 aromatic rings. The summed E-state index contributed by atoms with van der Waals surface area (Å²) in [4.78, 5) is 0. The normalized spacial score (nSPS) is 14.9. The molecule has 2 nitrogen and oxygen atoms in total. The third-order valence-electron chi connectivity index (χ3n) is 3.00. The van der Waals surface area contributed by atoms with Gasteiger partial charge in [-0.15, -0.1) is 0 Å². The highest BCUT2D eigenvalue weighted by Gasteiger charge is 2.13. The van der Waals surface area contributed by atoms with Crippen LogP contribution in [0.4, 0.5) is 0 Å². The first kappa shape index (κ1) is 14.2. The maximum atomic E-state index is 9.36. The van der Waals surface area contributed by atoms with Gasteiger partial charge in [0.2, 0.25) is 0 Å². The van der Waals surface area contributed by atoms with Crippen LogP contribution in [-0.4, -0.2) is 17.8 Å². The molecule has 1 aromatic carbocycles. The molecular formula is C15H25NO. The van der Waals surface area contributed by atoms with Crippen LogP contribution in [0.15, 0.2) is 24.3 Å². The van der Waals surface area contributed by atoms with E-state index < -0.39 is 0 Å². The molecule has 0 aliphatic carbocycles. The van der Waals surface area contributed by atoms with Crippen molar-refractivity contribution in [3.8, 4) is 0 Å². The molecule has 0 aliphatic rings. The minimum atomic E-state index is 0.186. The zero-order chi connectivity index (χ0) is 12.8. The summed E-state index contributed by atoms with van der Waals surface area (Å²) in [6.07, 6.45) is 1.01. The van der Waals surface area contributed by atoms with E-state index in [-0.39, 0.29) is 18.7 Å². The third-order valence-corrected chi connectivity index (χ3v) is 3.00. The molecule has 0 heterocycles. The fourth-order valence-electron chi connectivity index (χ4n) is 2.15. The summed E-state index contributed by atoms with van der Waals surface area (Å²) in [7, 11) is 0. The van der Waals surface area contributed by atoms with Crippen molar-refractivity contribution in [3.63, 3.8) is 0 Å². The van der Waals surface area contributed by atoms with Gasteiger partial charge in [-0.2, -0.15) is 0 Å². The zero-order valence-electron chi connectivity index (χ0n) is 11.4. The molecule has 0 amide bonds. The number of hydrogen-bond donors (Lipinski definition) is 2. The lowest BCUT2D eigenvalue weighted by Gasteiger charge is -2.23. The summed E-state index contributed by atoms with van der Waals surface area (Å²) < 4.78 is 0. The molecule has 0 aromatic heterocycles. The molecule has 0 saturated carbocycles. The molecule has 0 saturated heterocycles. The van der Waals surface area contributed by atoms with Crippen molar-refractivity contribution in [2.24, 2.45) is 5.92 Å². The van der Waals surface area contributed by atoms with E-state index in [2.05, 4.69) is 57.3 Å². The highest BCUT2D eigenvalue weighted by Crippen LogP contribution is 2.16. The molecular weight excluding hydrogens is 210 g/mol. The van der Waals surface area contributed by atoms with Crippen LogP contribution in [0.3, 0.4) is 0 Å². The quantitative estimate of drug-likeness (QED) is 0.794. The second-order valence-corrected chi connectivity index (χ2v) is 5.31. The van der Waals surface area contributed by atoms with E-state index >= 15 is 0 Å². The molecule has 2 atom stereocenters. The third kappa shape index (κ3) is 4.88. The van der Waals surface area contributed by atoms with Gasteiger partial charge in [0.05, 0.1) is 6.61 Å². The van der Waals surface area contributed by atoms with Gasteiger partial charge in [0.25, 0.3) is 0 Å². The Hall–Kier alpha value is -0.860. The van der Waals surface area contributed by atoms with E-state index in [0.717, 1.165) is 6.42 Å². The molecule has 17 heavy (non-hydrogen) atoms. The Morgan fingerprint density at radius 2 is 1.94 bits per heavy atom. The molecule has 0 spiro atoms. The van der Waals surface area contributed by atoms with Gasteiger partial charge in [0.1, 0.15) is 0 Å². The molecule has 0 bridgehead atoms. The minimum absolute atomic E-state index is 0.186. The predicted octanol–water partition coefficient (Wildman–Crippen LogP) is 3.05. The second-order valence-electron chi connectivity index (χ2n) is 5.31. The minimum Gasteiger partial charge on any atom is -0.395 e. The number of aliphatic hydroxyl groups is 1. The lowest BCUT2D eigenvalue weighted by molar-refractivity contribution is 0.215. The molecule has 1 rings (SSSR count). The first-order valence-electron chi connectivity index (χ1n) is 6.46. The van der Waals surface area contributed by atoms with E-state index in [1.807, 2.05) is 0 Å². The van der Waals surface area contributed by atoms with Crippen molar-refractivity contribution >= 4 is 0 Å². The van der Waals surface area contributed by atoms with Crippen LogP contribution in [0, 0.1) is 12.8 Å². The molecule has 0 fully saturated rings. The molecule has 2 unspecified atom stereocenters. The first-order valence-corrected chi connectivity index (χ1v) is 6.46. The number of nitrogens with one attached hydrogen (secondary N) is 1. The van der Waals surface area contributed by atoms with Gasteiger partial charge >= 0.3 is 0 Å². The number of aryl methyl sites for hydroxylation is 1. The molecule has 0 aliphatic heterocycles. The summed E-state index contributed by atoms with van der Waals surface area (Å²) in [6.45, 7) is 8.82. The summed E-state index contributed by atoms with van der Waals surface area (Å²) >= 11 is 0. The number of benzene rings is 1. The maximum Gasteiger partial charge on any atom is 0.0584 e. The van der Waals surface area contributed by atoms with Gasteiger partial charge in [-0.25, -0.2) is 0 Å². The Labute approximate surface area is 105 Å². The number of hydrogen-bond acceptors (Lipinski definition) is 2.